The van der Waals surface area contributed by atoms with E-state index in [1.54, 1.807) is 48.5 Å². The number of nitrogens with zero attached hydrogens (tertiary/aromatic N) is 2. The van der Waals surface area contributed by atoms with E-state index >= 15 is 0 Å². The average Bonchev–Trinajstić information content (AvgIpc) is 2.92. The lowest BCUT2D eigenvalue weighted by Crippen LogP contribution is -2.33. The van der Waals surface area contributed by atoms with Crippen molar-refractivity contribution < 1.29 is 0 Å². The molecular weight excluding hydrogens is 539 g/mol. The summed E-state index contributed by atoms with van der Waals surface area (Å²) in [6.07, 6.45) is 0.553. The summed E-state index contributed by atoms with van der Waals surface area (Å²) >= 11 is 12.1. The number of H-pyrrole nitrogens is 2. The standard InChI is InChI=1S/C29H18Cl2N4O4/c30-18-5-11-24-22(14-18)26(36)34(28(38)32-24)20-7-1-16(2-8-20)13-17-3-9-21(10-4-17)35-27(37)23-15-19(31)6-12-25(23)33-29(35)39/h1-12,14-15H,13H2,(H,32,38)(H,33,39). The molecule has 2 aromatic heterocycles. The molecule has 2 N–H and O–H groups in total. The van der Waals surface area contributed by atoms with E-state index < -0.39 is 22.5 Å². The molecule has 0 aliphatic heterocycles. The zero-order valence-electron chi connectivity index (χ0n) is 20.1. The third kappa shape index (κ3) is 4.50. The highest BCUT2D eigenvalue weighted by molar-refractivity contribution is 6.31. The first-order valence-electron chi connectivity index (χ1n) is 11.9. The van der Waals surface area contributed by atoms with Crippen LogP contribution in [-0.2, 0) is 6.42 Å². The van der Waals surface area contributed by atoms with Gasteiger partial charge in [-0.2, -0.15) is 0 Å². The average molecular weight is 557 g/mol. The molecule has 0 aliphatic rings. The van der Waals surface area contributed by atoms with E-state index in [1.165, 1.54) is 12.1 Å². The van der Waals surface area contributed by atoms with Gasteiger partial charge in [-0.15, -0.1) is 0 Å². The highest BCUT2D eigenvalue weighted by Crippen LogP contribution is 2.17. The van der Waals surface area contributed by atoms with E-state index in [-0.39, 0.29) is 0 Å². The fourth-order valence-electron chi connectivity index (χ4n) is 4.60. The van der Waals surface area contributed by atoms with Crippen LogP contribution in [0.1, 0.15) is 11.1 Å². The Hall–Kier alpha value is -4.66. The highest BCUT2D eigenvalue weighted by Gasteiger charge is 2.12. The number of halogens is 2. The molecule has 39 heavy (non-hydrogen) atoms. The van der Waals surface area contributed by atoms with Gasteiger partial charge in [0.05, 0.1) is 33.2 Å². The van der Waals surface area contributed by atoms with Crippen LogP contribution in [0.5, 0.6) is 0 Å². The Labute approximate surface area is 229 Å². The summed E-state index contributed by atoms with van der Waals surface area (Å²) in [5.41, 5.74) is 1.57. The van der Waals surface area contributed by atoms with Crippen molar-refractivity contribution in [1.82, 2.24) is 19.1 Å². The van der Waals surface area contributed by atoms with Crippen molar-refractivity contribution in [2.75, 3.05) is 0 Å². The summed E-state index contributed by atoms with van der Waals surface area (Å²) in [5.74, 6) is 0. The molecule has 2 heterocycles. The molecule has 6 rings (SSSR count). The maximum atomic E-state index is 13.0. The van der Waals surface area contributed by atoms with E-state index in [0.29, 0.717) is 49.6 Å². The first-order valence-corrected chi connectivity index (χ1v) is 12.6. The van der Waals surface area contributed by atoms with E-state index in [4.69, 9.17) is 23.2 Å². The second-order valence-electron chi connectivity index (χ2n) is 9.03. The third-order valence-corrected chi connectivity index (χ3v) is 6.99. The van der Waals surface area contributed by atoms with Crippen LogP contribution in [0, 0.1) is 0 Å². The van der Waals surface area contributed by atoms with Gasteiger partial charge in [0.15, 0.2) is 0 Å². The SMILES string of the molecule is O=c1[nH]c2ccc(Cl)cc2c(=O)n1-c1ccc(Cc2ccc(-n3c(=O)[nH]c4ccc(Cl)cc4c3=O)cc2)cc1. The lowest BCUT2D eigenvalue weighted by Gasteiger charge is -2.09. The minimum absolute atomic E-state index is 0.318. The third-order valence-electron chi connectivity index (χ3n) is 6.52. The van der Waals surface area contributed by atoms with E-state index in [1.807, 2.05) is 24.3 Å². The number of benzene rings is 4. The van der Waals surface area contributed by atoms with Crippen molar-refractivity contribution in [3.05, 3.63) is 148 Å². The molecule has 0 bridgehead atoms. The van der Waals surface area contributed by atoms with Gasteiger partial charge < -0.3 is 9.97 Å². The van der Waals surface area contributed by atoms with Gasteiger partial charge in [0, 0.05) is 10.0 Å². The summed E-state index contributed by atoms with van der Waals surface area (Å²) in [4.78, 5) is 56.6. The van der Waals surface area contributed by atoms with Crippen molar-refractivity contribution in [3.63, 3.8) is 0 Å². The predicted molar refractivity (Wildman–Crippen MR) is 153 cm³/mol. The molecule has 6 aromatic rings. The minimum Gasteiger partial charge on any atom is -0.306 e. The van der Waals surface area contributed by atoms with E-state index in [0.717, 1.165) is 20.3 Å². The van der Waals surface area contributed by atoms with Gasteiger partial charge in [0.1, 0.15) is 0 Å². The number of hydrogen-bond donors (Lipinski definition) is 2. The molecule has 0 atom stereocenters. The zero-order valence-corrected chi connectivity index (χ0v) is 21.6. The largest absolute Gasteiger partial charge is 0.333 e. The number of hydrogen-bond acceptors (Lipinski definition) is 4. The second-order valence-corrected chi connectivity index (χ2v) is 9.90. The van der Waals surface area contributed by atoms with Gasteiger partial charge in [0.25, 0.3) is 11.1 Å². The van der Waals surface area contributed by atoms with E-state index in [9.17, 15) is 19.2 Å². The maximum absolute atomic E-state index is 13.0. The summed E-state index contributed by atoms with van der Waals surface area (Å²) in [6.45, 7) is 0. The lowest BCUT2D eigenvalue weighted by atomic mass is 10.0. The Balaban J connectivity index is 1.28. The van der Waals surface area contributed by atoms with Gasteiger partial charge in [-0.3, -0.25) is 9.59 Å². The van der Waals surface area contributed by atoms with Gasteiger partial charge in [0.2, 0.25) is 0 Å². The fraction of sp³-hybridized carbons (Fsp3) is 0.0345. The number of rotatable bonds is 4. The van der Waals surface area contributed by atoms with Crippen molar-refractivity contribution in [2.24, 2.45) is 0 Å². The van der Waals surface area contributed by atoms with Gasteiger partial charge in [-0.25, -0.2) is 18.7 Å². The quantitative estimate of drug-likeness (QED) is 0.331. The van der Waals surface area contributed by atoms with Crippen molar-refractivity contribution in [3.8, 4) is 11.4 Å². The summed E-state index contributed by atoms with van der Waals surface area (Å²) < 4.78 is 2.15. The molecule has 8 nitrogen and oxygen atoms in total. The highest BCUT2D eigenvalue weighted by atomic mass is 35.5. The molecule has 10 heteroatoms. The van der Waals surface area contributed by atoms with Crippen LogP contribution >= 0.6 is 23.2 Å². The molecule has 0 spiro atoms. The molecule has 4 aromatic carbocycles. The monoisotopic (exact) mass is 556 g/mol. The Morgan fingerprint density at radius 3 is 1.31 bits per heavy atom. The molecular formula is C29H18Cl2N4O4. The first-order chi connectivity index (χ1) is 18.8. The summed E-state index contributed by atoms with van der Waals surface area (Å²) in [7, 11) is 0. The van der Waals surface area contributed by atoms with Crippen LogP contribution in [0.4, 0.5) is 0 Å². The Kier molecular flexibility index (Phi) is 6.06. The maximum Gasteiger partial charge on any atom is 0.333 e. The number of aromatic nitrogens is 4. The van der Waals surface area contributed by atoms with Crippen LogP contribution < -0.4 is 22.5 Å². The molecule has 192 valence electrons. The van der Waals surface area contributed by atoms with Gasteiger partial charge in [-0.05, 0) is 78.2 Å². The topological polar surface area (TPSA) is 110 Å². The van der Waals surface area contributed by atoms with Crippen molar-refractivity contribution >= 4 is 45.0 Å². The molecule has 0 radical (unpaired) electrons. The van der Waals surface area contributed by atoms with Crippen LogP contribution in [0.25, 0.3) is 33.2 Å². The molecule has 0 aliphatic carbocycles. The number of nitrogens with one attached hydrogen (secondary N) is 2. The molecule has 0 fully saturated rings. The van der Waals surface area contributed by atoms with Gasteiger partial charge in [-0.1, -0.05) is 47.5 Å². The minimum atomic E-state index is -0.542. The Morgan fingerprint density at radius 1 is 0.538 bits per heavy atom. The zero-order chi connectivity index (χ0) is 27.3. The second kappa shape index (κ2) is 9.58. The van der Waals surface area contributed by atoms with Crippen LogP contribution in [0.3, 0.4) is 0 Å². The van der Waals surface area contributed by atoms with Gasteiger partial charge >= 0.3 is 11.4 Å². The van der Waals surface area contributed by atoms with Crippen molar-refractivity contribution in [2.45, 2.75) is 6.42 Å². The lowest BCUT2D eigenvalue weighted by molar-refractivity contribution is 0.899. The van der Waals surface area contributed by atoms with E-state index in [2.05, 4.69) is 9.97 Å². The van der Waals surface area contributed by atoms with Crippen LogP contribution in [0.15, 0.2) is 104 Å². The molecule has 0 saturated heterocycles. The molecule has 0 amide bonds. The number of fused-ring (bicyclic) bond motifs is 2. The normalized spacial score (nSPS) is 11.3. The summed E-state index contributed by atoms with van der Waals surface area (Å²) in [6, 6.07) is 23.6. The summed E-state index contributed by atoms with van der Waals surface area (Å²) in [5, 5.41) is 1.44. The predicted octanol–water partition coefficient (Wildman–Crippen LogP) is 4.57. The number of aromatic amines is 2. The first kappa shape index (κ1) is 24.7. The van der Waals surface area contributed by atoms with Crippen LogP contribution in [0.2, 0.25) is 10.0 Å². The Morgan fingerprint density at radius 2 is 0.923 bits per heavy atom. The van der Waals surface area contributed by atoms with Crippen molar-refractivity contribution in [1.29, 1.82) is 0 Å². The molecule has 0 unspecified atom stereocenters. The fourth-order valence-corrected chi connectivity index (χ4v) is 4.95. The smallest absolute Gasteiger partial charge is 0.306 e. The van der Waals surface area contributed by atoms with Crippen LogP contribution in [-0.4, -0.2) is 19.1 Å². The Bertz CT molecular complexity index is 1990. The molecule has 0 saturated carbocycles.